The molecular formula is C34H43Br2N5O6. The third-order valence-corrected chi connectivity index (χ3v) is 11.6. The lowest BCUT2D eigenvalue weighted by molar-refractivity contribution is -0.129. The maximum absolute atomic E-state index is 14.0. The number of carbonyl (C=O) groups is 3. The van der Waals surface area contributed by atoms with Crippen molar-refractivity contribution >= 4 is 56.0 Å². The molecule has 3 fully saturated rings. The smallest absolute Gasteiger partial charge is 0.411 e. The van der Waals surface area contributed by atoms with E-state index in [4.69, 9.17) is 4.74 Å². The molecule has 0 aliphatic carbocycles. The summed E-state index contributed by atoms with van der Waals surface area (Å²) in [6.07, 6.45) is 5.39. The van der Waals surface area contributed by atoms with Crippen LogP contribution in [0.3, 0.4) is 0 Å². The third-order valence-electron chi connectivity index (χ3n) is 10.4. The van der Waals surface area contributed by atoms with Crippen LogP contribution in [0.1, 0.15) is 56.1 Å². The number of anilines is 1. The Bertz CT molecular complexity index is 1450. The van der Waals surface area contributed by atoms with Crippen LogP contribution < -0.4 is 5.32 Å². The molecule has 2 aromatic carbocycles. The van der Waals surface area contributed by atoms with Gasteiger partial charge in [0.25, 0.3) is 0 Å². The Hall–Kier alpha value is -2.71. The van der Waals surface area contributed by atoms with Gasteiger partial charge in [-0.3, -0.25) is 14.7 Å². The minimum atomic E-state index is -0.969. The number of phenols is 1. The second kappa shape index (κ2) is 14.8. The van der Waals surface area contributed by atoms with Gasteiger partial charge in [0.15, 0.2) is 0 Å². The maximum Gasteiger partial charge on any atom is 0.411 e. The van der Waals surface area contributed by atoms with Gasteiger partial charge in [-0.1, -0.05) is 18.2 Å². The molecule has 6 rings (SSSR count). The largest absolute Gasteiger partial charge is 0.506 e. The molecule has 0 bridgehead atoms. The zero-order valence-electron chi connectivity index (χ0n) is 26.5. The number of benzene rings is 2. The number of aldehydes is 1. The number of nitrogens with one attached hydrogen (secondary N) is 1. The monoisotopic (exact) mass is 775 g/mol. The van der Waals surface area contributed by atoms with Crippen molar-refractivity contribution in [2.45, 2.75) is 81.8 Å². The van der Waals surface area contributed by atoms with Gasteiger partial charge in [-0.2, -0.15) is 0 Å². The molecule has 254 valence electrons. The van der Waals surface area contributed by atoms with Gasteiger partial charge in [0, 0.05) is 63.3 Å². The number of urea groups is 1. The highest BCUT2D eigenvalue weighted by molar-refractivity contribution is 9.11. The molecule has 0 saturated carbocycles. The van der Waals surface area contributed by atoms with Gasteiger partial charge < -0.3 is 30.0 Å². The quantitative estimate of drug-likeness (QED) is 0.323. The summed E-state index contributed by atoms with van der Waals surface area (Å²) in [5.74, 6) is 0.0651. The number of hydrogen-bond donors (Lipinski definition) is 3. The lowest BCUT2D eigenvalue weighted by atomic mass is 9.84. The number of piperidine rings is 3. The Labute approximate surface area is 292 Å². The van der Waals surface area contributed by atoms with Crippen LogP contribution in [0, 0.1) is 0 Å². The molecule has 3 saturated heterocycles. The van der Waals surface area contributed by atoms with Crippen LogP contribution >= 0.6 is 31.9 Å². The maximum atomic E-state index is 14.0. The van der Waals surface area contributed by atoms with E-state index >= 15 is 0 Å². The molecule has 3 amide bonds. The number of phenolic OH excluding ortho intramolecular Hbond substituents is 1. The zero-order chi connectivity index (χ0) is 33.1. The SMILES string of the molecule is O=CC[C@@]1(N2CCC(N3CCC[C@H](O)C3)CC2)C[C@@H](N2CCc3ccccc3NC2=O)CCN1C(=O)OCc1cc(Br)c(O)c(Br)c1. The molecule has 0 radical (unpaired) electrons. The van der Waals surface area contributed by atoms with Gasteiger partial charge in [-0.05, 0) is 106 Å². The molecule has 4 aliphatic heterocycles. The van der Waals surface area contributed by atoms with Crippen molar-refractivity contribution in [2.75, 3.05) is 44.6 Å². The molecule has 0 spiro atoms. The first-order chi connectivity index (χ1) is 22.7. The topological polar surface area (TPSA) is 126 Å². The Morgan fingerprint density at radius 2 is 1.74 bits per heavy atom. The van der Waals surface area contributed by atoms with Gasteiger partial charge in [0.05, 0.1) is 15.0 Å². The number of hydrogen-bond acceptors (Lipinski definition) is 8. The Morgan fingerprint density at radius 1 is 1.02 bits per heavy atom. The number of ether oxygens (including phenoxy) is 1. The van der Waals surface area contributed by atoms with Crippen molar-refractivity contribution in [1.29, 1.82) is 0 Å². The highest BCUT2D eigenvalue weighted by Gasteiger charge is 2.52. The standard InChI is InChI=1S/C34H43Br2N5O6/c35-28-18-23(19-29(36)31(28)44)22-47-33(46)41-16-10-26(40-15-7-24-4-1-2-6-30(24)37-32(40)45)20-34(41,11-17-42)39-13-8-25(9-14-39)38-12-3-5-27(43)21-38/h1-2,4,6,17-19,25-27,43-44H,3,5,7-16,20-22H2,(H,37,45)/t26-,27-,34-/m0/s1. The summed E-state index contributed by atoms with van der Waals surface area (Å²) in [6.45, 7) is 3.86. The van der Waals surface area contributed by atoms with E-state index in [-0.39, 0.29) is 37.0 Å². The molecule has 13 heteroatoms. The Kier molecular flexibility index (Phi) is 10.8. The Balaban J connectivity index is 1.24. The summed E-state index contributed by atoms with van der Waals surface area (Å²) in [7, 11) is 0. The average molecular weight is 778 g/mol. The van der Waals surface area contributed by atoms with Crippen LogP contribution in [-0.2, 0) is 22.6 Å². The number of aromatic hydroxyl groups is 1. The summed E-state index contributed by atoms with van der Waals surface area (Å²) in [4.78, 5) is 48.4. The number of halogens is 2. The molecule has 4 aliphatic rings. The molecule has 3 N–H and O–H groups in total. The molecule has 0 aromatic heterocycles. The van der Waals surface area contributed by atoms with E-state index in [9.17, 15) is 24.6 Å². The van der Waals surface area contributed by atoms with Crippen molar-refractivity contribution in [3.05, 3.63) is 56.5 Å². The van der Waals surface area contributed by atoms with E-state index in [1.165, 1.54) is 0 Å². The van der Waals surface area contributed by atoms with Gasteiger partial charge in [-0.25, -0.2) is 9.59 Å². The number of fused-ring (bicyclic) bond motifs is 1. The molecule has 47 heavy (non-hydrogen) atoms. The first-order valence-electron chi connectivity index (χ1n) is 16.6. The van der Waals surface area contributed by atoms with Gasteiger partial charge >= 0.3 is 12.1 Å². The Morgan fingerprint density at radius 3 is 2.47 bits per heavy atom. The van der Waals surface area contributed by atoms with Crippen LogP contribution in [0.2, 0.25) is 0 Å². The van der Waals surface area contributed by atoms with Crippen LogP contribution in [0.25, 0.3) is 0 Å². The first kappa shape index (κ1) is 34.2. The third kappa shape index (κ3) is 7.34. The van der Waals surface area contributed by atoms with Crippen molar-refractivity contribution in [3.8, 4) is 5.75 Å². The lowest BCUT2D eigenvalue weighted by Crippen LogP contribution is -2.70. The number of carbonyl (C=O) groups excluding carboxylic acids is 3. The van der Waals surface area contributed by atoms with Gasteiger partial charge in [0.2, 0.25) is 0 Å². The fourth-order valence-electron chi connectivity index (χ4n) is 7.98. The highest BCUT2D eigenvalue weighted by atomic mass is 79.9. The number of nitrogens with zero attached hydrogens (tertiary/aromatic N) is 4. The van der Waals surface area contributed by atoms with Crippen LogP contribution in [0.4, 0.5) is 15.3 Å². The summed E-state index contributed by atoms with van der Waals surface area (Å²) in [5.41, 5.74) is 1.62. The van der Waals surface area contributed by atoms with Crippen LogP contribution in [-0.4, -0.2) is 111 Å². The number of para-hydroxylation sites is 1. The van der Waals surface area contributed by atoms with Crippen LogP contribution in [0.15, 0.2) is 45.3 Å². The number of likely N-dealkylation sites (tertiary alicyclic amines) is 3. The summed E-state index contributed by atoms with van der Waals surface area (Å²) < 4.78 is 6.86. The number of aliphatic hydroxyl groups is 1. The predicted molar refractivity (Wildman–Crippen MR) is 184 cm³/mol. The zero-order valence-corrected chi connectivity index (χ0v) is 29.6. The minimum Gasteiger partial charge on any atom is -0.506 e. The fraction of sp³-hybridized carbons (Fsp3) is 0.559. The second-order valence-corrected chi connectivity index (χ2v) is 14.9. The molecule has 11 nitrogen and oxygen atoms in total. The van der Waals surface area contributed by atoms with Crippen molar-refractivity contribution in [1.82, 2.24) is 19.6 Å². The molecule has 4 heterocycles. The normalized spacial score (nSPS) is 26.3. The fourth-order valence-corrected chi connectivity index (χ4v) is 9.26. The van der Waals surface area contributed by atoms with Gasteiger partial charge in [0.1, 0.15) is 24.3 Å². The predicted octanol–water partition coefficient (Wildman–Crippen LogP) is 5.31. The number of amides is 3. The minimum absolute atomic E-state index is 0.0143. The van der Waals surface area contributed by atoms with Crippen molar-refractivity contribution in [3.63, 3.8) is 0 Å². The summed E-state index contributed by atoms with van der Waals surface area (Å²) in [5, 5.41) is 23.5. The van der Waals surface area contributed by atoms with Crippen molar-refractivity contribution in [2.24, 2.45) is 0 Å². The van der Waals surface area contributed by atoms with Gasteiger partial charge in [-0.15, -0.1) is 0 Å². The summed E-state index contributed by atoms with van der Waals surface area (Å²) >= 11 is 6.68. The lowest BCUT2D eigenvalue weighted by Gasteiger charge is -2.57. The van der Waals surface area contributed by atoms with E-state index in [1.54, 1.807) is 17.0 Å². The van der Waals surface area contributed by atoms with E-state index in [2.05, 4.69) is 47.0 Å². The molecule has 0 unspecified atom stereocenters. The van der Waals surface area contributed by atoms with E-state index in [0.717, 1.165) is 49.8 Å². The van der Waals surface area contributed by atoms with E-state index in [1.807, 2.05) is 29.2 Å². The molecule has 2 aromatic rings. The second-order valence-electron chi connectivity index (χ2n) is 13.2. The highest BCUT2D eigenvalue weighted by Crippen LogP contribution is 2.40. The van der Waals surface area contributed by atoms with E-state index in [0.29, 0.717) is 72.5 Å². The first-order valence-corrected chi connectivity index (χ1v) is 18.1. The number of aliphatic hydroxyl groups excluding tert-OH is 1. The van der Waals surface area contributed by atoms with Crippen LogP contribution in [0.5, 0.6) is 5.75 Å². The number of rotatable bonds is 7. The van der Waals surface area contributed by atoms with Crippen molar-refractivity contribution < 1.29 is 29.3 Å². The average Bonchev–Trinajstić information content (AvgIpc) is 3.24. The van der Waals surface area contributed by atoms with E-state index < -0.39 is 11.8 Å². The molecular weight excluding hydrogens is 734 g/mol. The number of β-amino-alcohol motifs (C(OH)–C–C–N with tert-alkyl or cyclic N) is 1. The molecule has 3 atom stereocenters. The summed E-state index contributed by atoms with van der Waals surface area (Å²) in [6, 6.07) is 11.2.